The van der Waals surface area contributed by atoms with Gasteiger partial charge in [0.15, 0.2) is 11.0 Å². The summed E-state index contributed by atoms with van der Waals surface area (Å²) in [6, 6.07) is 7.42. The van der Waals surface area contributed by atoms with Crippen molar-refractivity contribution >= 4 is 46.6 Å². The zero-order valence-corrected chi connectivity index (χ0v) is 18.4. The van der Waals surface area contributed by atoms with Crippen LogP contribution in [0.15, 0.2) is 53.9 Å². The molecule has 1 aromatic carbocycles. The molecule has 2 aromatic heterocycles. The van der Waals surface area contributed by atoms with Crippen LogP contribution < -0.4 is 10.0 Å². The van der Waals surface area contributed by atoms with Gasteiger partial charge in [-0.25, -0.2) is 24.1 Å². The predicted molar refractivity (Wildman–Crippen MR) is 125 cm³/mol. The highest BCUT2D eigenvalue weighted by Crippen LogP contribution is 2.21. The largest absolute Gasteiger partial charge is 0.351 e. The van der Waals surface area contributed by atoms with E-state index in [2.05, 4.69) is 30.0 Å². The van der Waals surface area contributed by atoms with E-state index in [1.807, 2.05) is 12.2 Å². The Morgan fingerprint density at radius 2 is 1.45 bits per heavy atom. The van der Waals surface area contributed by atoms with Crippen LogP contribution >= 0.6 is 11.6 Å². The number of benzene rings is 1. The van der Waals surface area contributed by atoms with E-state index in [1.54, 1.807) is 49.1 Å². The van der Waals surface area contributed by atoms with Gasteiger partial charge in [-0.2, -0.15) is 0 Å². The van der Waals surface area contributed by atoms with Crippen LogP contribution in [0, 0.1) is 0 Å². The number of anilines is 2. The molecule has 1 fully saturated rings. The Morgan fingerprint density at radius 1 is 0.871 bits per heavy atom. The number of aromatic nitrogens is 4. The molecule has 1 atom stereocenters. The zero-order chi connectivity index (χ0) is 21.5. The van der Waals surface area contributed by atoms with Gasteiger partial charge in [0.1, 0.15) is 0 Å². The number of hydrogen-bond donors (Lipinski definition) is 2. The smallest absolute Gasteiger partial charge is 0.234 e. The van der Waals surface area contributed by atoms with Crippen LogP contribution in [0.25, 0.3) is 12.2 Å². The third-order valence-electron chi connectivity index (χ3n) is 4.97. The van der Waals surface area contributed by atoms with Crippen molar-refractivity contribution < 1.29 is 4.21 Å². The molecule has 2 heterocycles. The van der Waals surface area contributed by atoms with Gasteiger partial charge in [0, 0.05) is 42.0 Å². The first-order valence-corrected chi connectivity index (χ1v) is 11.7. The summed E-state index contributed by atoms with van der Waals surface area (Å²) in [4.78, 5) is 17.7. The molecule has 4 rings (SSSR count). The van der Waals surface area contributed by atoms with E-state index in [9.17, 15) is 4.21 Å². The quantitative estimate of drug-likeness (QED) is 0.523. The van der Waals surface area contributed by atoms with Crippen LogP contribution in [-0.2, 0) is 11.0 Å². The molecule has 0 radical (unpaired) electrons. The second-order valence-corrected chi connectivity index (χ2v) is 8.88. The summed E-state index contributed by atoms with van der Waals surface area (Å²) >= 11 is 6.07. The first-order valence-electron chi connectivity index (χ1n) is 10.2. The monoisotopic (exact) mass is 454 g/mol. The number of nitrogens with one attached hydrogen (secondary N) is 2. The lowest BCUT2D eigenvalue weighted by atomic mass is 9.96. The molecule has 3 aromatic rings. The zero-order valence-electron chi connectivity index (χ0n) is 16.9. The Hall–Kier alpha value is -2.84. The summed E-state index contributed by atoms with van der Waals surface area (Å²) < 4.78 is 15.1. The number of halogens is 1. The van der Waals surface area contributed by atoms with Crippen molar-refractivity contribution in [2.75, 3.05) is 10.0 Å². The van der Waals surface area contributed by atoms with Gasteiger partial charge in [-0.3, -0.25) is 4.72 Å². The maximum Gasteiger partial charge on any atom is 0.234 e. The van der Waals surface area contributed by atoms with Gasteiger partial charge in [-0.05, 0) is 25.0 Å². The number of rotatable bonds is 7. The van der Waals surface area contributed by atoms with Crippen molar-refractivity contribution in [1.82, 2.24) is 19.9 Å². The molecule has 160 valence electrons. The van der Waals surface area contributed by atoms with Crippen LogP contribution in [0.3, 0.4) is 0 Å². The minimum atomic E-state index is -1.54. The molecule has 1 aliphatic rings. The van der Waals surface area contributed by atoms with Crippen LogP contribution in [0.5, 0.6) is 0 Å². The Bertz CT molecular complexity index is 1050. The van der Waals surface area contributed by atoms with Gasteiger partial charge in [0.25, 0.3) is 0 Å². The summed E-state index contributed by atoms with van der Waals surface area (Å²) in [6.07, 6.45) is 16.9. The fraction of sp³-hybridized carbons (Fsp3) is 0.273. The maximum atomic E-state index is 12.4. The minimum Gasteiger partial charge on any atom is -0.351 e. The molecule has 0 amide bonds. The molecule has 7 nitrogen and oxygen atoms in total. The van der Waals surface area contributed by atoms with Gasteiger partial charge < -0.3 is 5.32 Å². The van der Waals surface area contributed by atoms with E-state index < -0.39 is 11.0 Å². The average Bonchev–Trinajstić information content (AvgIpc) is 2.80. The fourth-order valence-corrected chi connectivity index (χ4v) is 4.50. The maximum absolute atomic E-state index is 12.4. The van der Waals surface area contributed by atoms with Crippen LogP contribution in [0.1, 0.15) is 43.2 Å². The molecule has 1 saturated carbocycles. The topological polar surface area (TPSA) is 92.7 Å². The molecule has 31 heavy (non-hydrogen) atoms. The van der Waals surface area contributed by atoms with E-state index in [4.69, 9.17) is 11.6 Å². The molecule has 2 N–H and O–H groups in total. The lowest BCUT2D eigenvalue weighted by molar-refractivity contribution is 0.461. The Morgan fingerprint density at radius 3 is 2.06 bits per heavy atom. The predicted octanol–water partition coefficient (Wildman–Crippen LogP) is 4.97. The average molecular weight is 455 g/mol. The van der Waals surface area contributed by atoms with Crippen molar-refractivity contribution in [2.45, 2.75) is 43.0 Å². The molecule has 1 unspecified atom stereocenters. The third kappa shape index (κ3) is 6.08. The number of nitrogens with zero attached hydrogens (tertiary/aromatic N) is 4. The van der Waals surface area contributed by atoms with Crippen molar-refractivity contribution in [3.05, 3.63) is 65.2 Å². The molecule has 0 bridgehead atoms. The highest BCUT2D eigenvalue weighted by molar-refractivity contribution is 7.86. The van der Waals surface area contributed by atoms with Gasteiger partial charge in [-0.1, -0.05) is 55.1 Å². The van der Waals surface area contributed by atoms with E-state index in [0.717, 1.165) is 11.1 Å². The van der Waals surface area contributed by atoms with Gasteiger partial charge in [-0.15, -0.1) is 0 Å². The van der Waals surface area contributed by atoms with Crippen molar-refractivity contribution in [3.8, 4) is 0 Å². The summed E-state index contributed by atoms with van der Waals surface area (Å²) in [5.74, 6) is 0.936. The minimum absolute atomic E-state index is 0.261. The summed E-state index contributed by atoms with van der Waals surface area (Å²) in [6.45, 7) is 0. The van der Waals surface area contributed by atoms with Crippen molar-refractivity contribution in [1.29, 1.82) is 0 Å². The molecule has 0 saturated heterocycles. The standard InChI is InChI=1S/C22H23ClN6OS/c23-19-8-4-5-9-20(19)31(30)29-22-26-14-17(15-27-22)11-10-16-12-24-21(25-13-16)28-18-6-2-1-3-7-18/h4-5,8-15,18H,1-3,6-7H2,(H,24,25,28)(H,26,27,29)/b11-10+. The Labute approximate surface area is 189 Å². The number of hydrogen-bond acceptors (Lipinski definition) is 6. The van der Waals surface area contributed by atoms with Gasteiger partial charge >= 0.3 is 0 Å². The molecular weight excluding hydrogens is 432 g/mol. The van der Waals surface area contributed by atoms with Gasteiger partial charge in [0.2, 0.25) is 11.9 Å². The second-order valence-electron chi connectivity index (χ2n) is 7.29. The van der Waals surface area contributed by atoms with E-state index in [1.165, 1.54) is 32.1 Å². The first kappa shape index (κ1) is 21.4. The van der Waals surface area contributed by atoms with E-state index in [-0.39, 0.29) is 5.95 Å². The molecule has 0 aliphatic heterocycles. The highest BCUT2D eigenvalue weighted by Gasteiger charge is 2.13. The first-order chi connectivity index (χ1) is 15.2. The lowest BCUT2D eigenvalue weighted by Gasteiger charge is -2.22. The lowest BCUT2D eigenvalue weighted by Crippen LogP contribution is -2.23. The highest BCUT2D eigenvalue weighted by atomic mass is 35.5. The summed E-state index contributed by atoms with van der Waals surface area (Å²) in [5, 5.41) is 3.84. The fourth-order valence-electron chi connectivity index (χ4n) is 3.33. The van der Waals surface area contributed by atoms with Crippen LogP contribution in [0.2, 0.25) is 5.02 Å². The summed E-state index contributed by atoms with van der Waals surface area (Å²) in [7, 11) is -1.54. The van der Waals surface area contributed by atoms with Gasteiger partial charge in [0.05, 0.1) is 9.92 Å². The molecule has 0 spiro atoms. The Balaban J connectivity index is 1.33. The van der Waals surface area contributed by atoms with E-state index >= 15 is 0 Å². The Kier molecular flexibility index (Phi) is 7.22. The second kappa shape index (κ2) is 10.5. The molecule has 1 aliphatic carbocycles. The molecular formula is C22H23ClN6OS. The normalized spacial score (nSPS) is 15.6. The SMILES string of the molecule is O=S(Nc1ncc(/C=C/c2cnc(NC3CCCCC3)nc2)cn1)c1ccccc1Cl. The summed E-state index contributed by atoms with van der Waals surface area (Å²) in [5.41, 5.74) is 1.69. The van der Waals surface area contributed by atoms with Crippen molar-refractivity contribution in [3.63, 3.8) is 0 Å². The van der Waals surface area contributed by atoms with Crippen LogP contribution in [-0.4, -0.2) is 30.2 Å². The van der Waals surface area contributed by atoms with Crippen molar-refractivity contribution in [2.24, 2.45) is 0 Å². The van der Waals surface area contributed by atoms with Crippen LogP contribution in [0.4, 0.5) is 11.9 Å². The van der Waals surface area contributed by atoms with E-state index in [0.29, 0.717) is 21.9 Å². The molecule has 9 heteroatoms. The third-order valence-corrected chi connectivity index (χ3v) is 6.54.